The summed E-state index contributed by atoms with van der Waals surface area (Å²) in [6.07, 6.45) is 5.37. The fourth-order valence-corrected chi connectivity index (χ4v) is 2.65. The van der Waals surface area contributed by atoms with Gasteiger partial charge in [-0.15, -0.1) is 0 Å². The molecule has 1 aromatic rings. The Bertz CT molecular complexity index is 419. The Morgan fingerprint density at radius 3 is 2.75 bits per heavy atom. The second kappa shape index (κ2) is 7.60. The molecule has 1 unspecified atom stereocenters. The topological polar surface area (TPSA) is 30.5 Å². The van der Waals surface area contributed by atoms with Crippen LogP contribution in [0.25, 0.3) is 0 Å². The Hall–Kier alpha value is -1.13. The minimum atomic E-state index is -0.235. The summed E-state index contributed by atoms with van der Waals surface area (Å²) in [6, 6.07) is 4.94. The Labute approximate surface area is 120 Å². The van der Waals surface area contributed by atoms with Crippen molar-refractivity contribution in [1.29, 1.82) is 0 Å². The van der Waals surface area contributed by atoms with Crippen LogP contribution in [-0.4, -0.2) is 26.4 Å². The van der Waals surface area contributed by atoms with Gasteiger partial charge in [0, 0.05) is 24.2 Å². The first-order valence-electron chi connectivity index (χ1n) is 7.39. The molecule has 0 radical (unpaired) electrons. The van der Waals surface area contributed by atoms with E-state index >= 15 is 0 Å². The van der Waals surface area contributed by atoms with Gasteiger partial charge in [0.25, 0.3) is 0 Å². The molecule has 0 bridgehead atoms. The zero-order chi connectivity index (χ0) is 14.4. The van der Waals surface area contributed by atoms with Gasteiger partial charge in [-0.2, -0.15) is 0 Å². The van der Waals surface area contributed by atoms with Gasteiger partial charge in [-0.3, -0.25) is 0 Å². The summed E-state index contributed by atoms with van der Waals surface area (Å²) in [6.45, 7) is 3.39. The van der Waals surface area contributed by atoms with Gasteiger partial charge in [0.15, 0.2) is 0 Å². The molecule has 0 heterocycles. The fraction of sp³-hybridized carbons (Fsp3) is 0.625. The van der Waals surface area contributed by atoms with Gasteiger partial charge < -0.3 is 14.8 Å². The number of nitrogens with one attached hydrogen (secondary N) is 1. The maximum Gasteiger partial charge on any atom is 0.131 e. The number of benzene rings is 1. The number of methoxy groups -OCH3 is 1. The smallest absolute Gasteiger partial charge is 0.131 e. The lowest BCUT2D eigenvalue weighted by Gasteiger charge is -2.17. The molecule has 0 amide bonds. The summed E-state index contributed by atoms with van der Waals surface area (Å²) < 4.78 is 24.7. The van der Waals surface area contributed by atoms with E-state index in [1.165, 1.54) is 38.9 Å². The molecule has 112 valence electrons. The molecule has 4 heteroatoms. The molecule has 0 spiro atoms. The molecule has 20 heavy (non-hydrogen) atoms. The van der Waals surface area contributed by atoms with Crippen LogP contribution >= 0.6 is 0 Å². The molecule has 2 rings (SSSR count). The minimum absolute atomic E-state index is 0.0342. The van der Waals surface area contributed by atoms with Crippen molar-refractivity contribution in [3.05, 3.63) is 29.6 Å². The average molecular weight is 281 g/mol. The van der Waals surface area contributed by atoms with Gasteiger partial charge >= 0.3 is 0 Å². The van der Waals surface area contributed by atoms with Crippen LogP contribution in [0.15, 0.2) is 18.2 Å². The molecule has 3 nitrogen and oxygen atoms in total. The van der Waals surface area contributed by atoms with Crippen molar-refractivity contribution in [2.75, 3.05) is 20.3 Å². The van der Waals surface area contributed by atoms with Crippen LogP contribution in [-0.2, 0) is 4.74 Å². The van der Waals surface area contributed by atoms with Crippen molar-refractivity contribution >= 4 is 0 Å². The number of halogens is 1. The van der Waals surface area contributed by atoms with E-state index in [1.54, 1.807) is 12.1 Å². The predicted molar refractivity (Wildman–Crippen MR) is 77.6 cm³/mol. The highest BCUT2D eigenvalue weighted by molar-refractivity contribution is 5.30. The van der Waals surface area contributed by atoms with Crippen molar-refractivity contribution in [2.24, 2.45) is 0 Å². The Balaban J connectivity index is 1.74. The summed E-state index contributed by atoms with van der Waals surface area (Å²) in [7, 11) is 1.54. The highest BCUT2D eigenvalue weighted by atomic mass is 19.1. The number of ether oxygens (including phenoxy) is 2. The van der Waals surface area contributed by atoms with Crippen LogP contribution in [0.4, 0.5) is 4.39 Å². The summed E-state index contributed by atoms with van der Waals surface area (Å²) in [4.78, 5) is 0. The Morgan fingerprint density at radius 1 is 1.35 bits per heavy atom. The molecule has 0 aliphatic heterocycles. The van der Waals surface area contributed by atoms with Gasteiger partial charge in [0.05, 0.1) is 19.8 Å². The Kier molecular flexibility index (Phi) is 5.80. The van der Waals surface area contributed by atoms with E-state index in [4.69, 9.17) is 9.47 Å². The van der Waals surface area contributed by atoms with Crippen LogP contribution in [0, 0.1) is 5.82 Å². The van der Waals surface area contributed by atoms with Crippen LogP contribution in [0.1, 0.15) is 44.2 Å². The average Bonchev–Trinajstić information content (AvgIpc) is 2.96. The summed E-state index contributed by atoms with van der Waals surface area (Å²) in [5.41, 5.74) is 0.659. The van der Waals surface area contributed by atoms with E-state index in [9.17, 15) is 4.39 Å². The van der Waals surface area contributed by atoms with E-state index in [1.807, 2.05) is 6.92 Å². The zero-order valence-corrected chi connectivity index (χ0v) is 12.3. The highest BCUT2D eigenvalue weighted by Crippen LogP contribution is 2.22. The van der Waals surface area contributed by atoms with E-state index in [0.29, 0.717) is 24.0 Å². The molecule has 1 saturated carbocycles. The van der Waals surface area contributed by atoms with E-state index in [-0.39, 0.29) is 11.9 Å². The normalized spacial score (nSPS) is 17.4. The van der Waals surface area contributed by atoms with Gasteiger partial charge in [-0.1, -0.05) is 18.9 Å². The number of hydrogen-bond donors (Lipinski definition) is 1. The van der Waals surface area contributed by atoms with Crippen molar-refractivity contribution in [3.63, 3.8) is 0 Å². The van der Waals surface area contributed by atoms with Crippen molar-refractivity contribution in [3.8, 4) is 5.75 Å². The summed E-state index contributed by atoms with van der Waals surface area (Å²) in [5.74, 6) is 0.309. The largest absolute Gasteiger partial charge is 0.497 e. The van der Waals surface area contributed by atoms with Crippen molar-refractivity contribution < 1.29 is 13.9 Å². The first-order valence-corrected chi connectivity index (χ1v) is 7.39. The molecule has 0 saturated heterocycles. The molecule has 1 fully saturated rings. The molecular formula is C16H24FNO2. The molecule has 1 aliphatic carbocycles. The van der Waals surface area contributed by atoms with Gasteiger partial charge in [0.2, 0.25) is 0 Å². The molecule has 1 aliphatic rings. The predicted octanol–water partition coefficient (Wildman–Crippen LogP) is 3.44. The maximum absolute atomic E-state index is 13.9. The number of hydrogen-bond acceptors (Lipinski definition) is 3. The van der Waals surface area contributed by atoms with Crippen LogP contribution in [0.5, 0.6) is 5.75 Å². The molecule has 1 N–H and O–H groups in total. The molecule has 0 aromatic heterocycles. The molecular weight excluding hydrogens is 257 g/mol. The van der Waals surface area contributed by atoms with E-state index in [2.05, 4.69) is 5.32 Å². The van der Waals surface area contributed by atoms with Gasteiger partial charge in [-0.05, 0) is 25.8 Å². The first-order chi connectivity index (χ1) is 9.70. The third kappa shape index (κ3) is 4.18. The third-order valence-corrected chi connectivity index (χ3v) is 3.88. The van der Waals surface area contributed by atoms with Gasteiger partial charge in [-0.25, -0.2) is 4.39 Å². The number of rotatable bonds is 7. The van der Waals surface area contributed by atoms with Gasteiger partial charge in [0.1, 0.15) is 11.6 Å². The van der Waals surface area contributed by atoms with Crippen molar-refractivity contribution in [2.45, 2.75) is 44.8 Å². The zero-order valence-electron chi connectivity index (χ0n) is 12.3. The van der Waals surface area contributed by atoms with E-state index < -0.39 is 0 Å². The lowest BCUT2D eigenvalue weighted by Crippen LogP contribution is -2.25. The SMILES string of the molecule is COc1ccc(C(C)NCCOC2CCCC2)c(F)c1. The van der Waals surface area contributed by atoms with E-state index in [0.717, 1.165) is 6.54 Å². The van der Waals surface area contributed by atoms with Crippen LogP contribution in [0.2, 0.25) is 0 Å². The summed E-state index contributed by atoms with van der Waals surface area (Å²) >= 11 is 0. The van der Waals surface area contributed by atoms with Crippen LogP contribution in [0.3, 0.4) is 0 Å². The second-order valence-corrected chi connectivity index (χ2v) is 5.34. The quantitative estimate of drug-likeness (QED) is 0.777. The second-order valence-electron chi connectivity index (χ2n) is 5.34. The third-order valence-electron chi connectivity index (χ3n) is 3.88. The molecule has 1 atom stereocenters. The standard InChI is InChI=1S/C16H24FNO2/c1-12(15-8-7-14(19-2)11-16(15)17)18-9-10-20-13-5-3-4-6-13/h7-8,11-13,18H,3-6,9-10H2,1-2H3. The van der Waals surface area contributed by atoms with Crippen LogP contribution < -0.4 is 10.1 Å². The lowest BCUT2D eigenvalue weighted by atomic mass is 10.1. The first kappa shape index (κ1) is 15.3. The lowest BCUT2D eigenvalue weighted by molar-refractivity contribution is 0.0593. The summed E-state index contributed by atoms with van der Waals surface area (Å²) in [5, 5.41) is 3.30. The van der Waals surface area contributed by atoms with Crippen molar-refractivity contribution in [1.82, 2.24) is 5.32 Å². The highest BCUT2D eigenvalue weighted by Gasteiger charge is 2.15. The monoisotopic (exact) mass is 281 g/mol. The molecule has 1 aromatic carbocycles. The fourth-order valence-electron chi connectivity index (χ4n) is 2.65. The maximum atomic E-state index is 13.9. The Morgan fingerprint density at radius 2 is 2.10 bits per heavy atom. The minimum Gasteiger partial charge on any atom is -0.497 e.